The van der Waals surface area contributed by atoms with Crippen LogP contribution in [0.5, 0.6) is 0 Å². The topological polar surface area (TPSA) is 104 Å². The smallest absolute Gasteiger partial charge is 0.317 e. The minimum absolute atomic E-state index is 0.0533. The summed E-state index contributed by atoms with van der Waals surface area (Å²) in [6, 6.07) is 5.50. The van der Waals surface area contributed by atoms with Crippen molar-refractivity contribution in [3.63, 3.8) is 0 Å². The molecule has 2 aliphatic heterocycles. The number of nitrogens with zero attached hydrogens (tertiary/aromatic N) is 3. The number of urea groups is 1. The molecule has 2 saturated heterocycles. The summed E-state index contributed by atoms with van der Waals surface area (Å²) in [4.78, 5) is 52.1. The van der Waals surface area contributed by atoms with Crippen LogP contribution < -0.4 is 10.6 Å². The minimum Gasteiger partial charge on any atom is -0.350 e. The van der Waals surface area contributed by atoms with Gasteiger partial charge in [0.05, 0.1) is 12.1 Å². The van der Waals surface area contributed by atoms with Gasteiger partial charge < -0.3 is 25.0 Å². The van der Waals surface area contributed by atoms with E-state index < -0.39 is 0 Å². The molecule has 0 saturated carbocycles. The number of ketones is 1. The van der Waals surface area contributed by atoms with Crippen molar-refractivity contribution in [1.29, 1.82) is 0 Å². The molecule has 4 amide bonds. The van der Waals surface area contributed by atoms with Gasteiger partial charge in [-0.05, 0) is 24.3 Å². The average Bonchev–Trinajstić information content (AvgIpc) is 3.32. The van der Waals surface area contributed by atoms with Crippen molar-refractivity contribution in [2.24, 2.45) is 5.92 Å². The molecule has 0 bridgehead atoms. The molecule has 0 aliphatic carbocycles. The van der Waals surface area contributed by atoms with E-state index in [1.54, 1.807) is 20.6 Å². The van der Waals surface area contributed by atoms with Gasteiger partial charge in [0.1, 0.15) is 0 Å². The molecule has 4 rings (SSSR count). The number of aromatic nitrogens is 1. The minimum atomic E-state index is -0.249. The zero-order valence-electron chi connectivity index (χ0n) is 18.2. The van der Waals surface area contributed by atoms with Crippen LogP contribution in [0.4, 0.5) is 4.79 Å². The number of carbonyl (C=O) groups is 4. The zero-order valence-corrected chi connectivity index (χ0v) is 19.8. The van der Waals surface area contributed by atoms with E-state index in [4.69, 9.17) is 0 Å². The van der Waals surface area contributed by atoms with Gasteiger partial charge in [-0.15, -0.1) is 0 Å². The Kier molecular flexibility index (Phi) is 6.83. The second-order valence-corrected chi connectivity index (χ2v) is 9.28. The standard InChI is InChI=1S/C23H26BrN5O4/c1-2-21(31)29-11-15(12-29)9-17(30)13-28-14-19(18-10-16(24)3-4-20(18)28)22(32)25-5-7-27-8-6-26-23(27)33/h2-4,10,14-15H,1,5-9,11-13H2,(H,25,32)(H,26,33). The Morgan fingerprint density at radius 1 is 1.27 bits per heavy atom. The molecular formula is C23H26BrN5O4. The van der Waals surface area contributed by atoms with E-state index in [1.165, 1.54) is 6.08 Å². The fraction of sp³-hybridized carbons (Fsp3) is 0.391. The Morgan fingerprint density at radius 3 is 2.76 bits per heavy atom. The van der Waals surface area contributed by atoms with E-state index in [0.717, 1.165) is 15.4 Å². The summed E-state index contributed by atoms with van der Waals surface area (Å²) < 4.78 is 2.64. The van der Waals surface area contributed by atoms with Crippen LogP contribution in [0.1, 0.15) is 16.8 Å². The summed E-state index contributed by atoms with van der Waals surface area (Å²) >= 11 is 3.45. The molecule has 2 aliphatic rings. The lowest BCUT2D eigenvalue weighted by Crippen LogP contribution is -2.50. The van der Waals surface area contributed by atoms with Gasteiger partial charge >= 0.3 is 6.03 Å². The number of carbonyl (C=O) groups excluding carboxylic acids is 4. The number of halogens is 1. The maximum Gasteiger partial charge on any atom is 0.317 e. The Balaban J connectivity index is 1.40. The highest BCUT2D eigenvalue weighted by atomic mass is 79.9. The number of likely N-dealkylation sites (tertiary alicyclic amines) is 1. The zero-order chi connectivity index (χ0) is 23.5. The molecule has 2 N–H and O–H groups in total. The number of rotatable bonds is 9. The number of Topliss-reactive ketones (excluding diaryl/α,β-unsaturated/α-hetero) is 1. The van der Waals surface area contributed by atoms with E-state index in [0.29, 0.717) is 51.3 Å². The lowest BCUT2D eigenvalue weighted by molar-refractivity contribution is -0.134. The SMILES string of the molecule is C=CC(=O)N1CC(CC(=O)Cn2cc(C(=O)NCCN3CCNC3=O)c3cc(Br)ccc32)C1. The first-order valence-corrected chi connectivity index (χ1v) is 11.7. The highest BCUT2D eigenvalue weighted by molar-refractivity contribution is 9.10. The van der Waals surface area contributed by atoms with Crippen molar-refractivity contribution in [1.82, 2.24) is 25.0 Å². The number of hydrogen-bond donors (Lipinski definition) is 2. The van der Waals surface area contributed by atoms with E-state index >= 15 is 0 Å². The van der Waals surface area contributed by atoms with Crippen LogP contribution in [-0.4, -0.2) is 77.3 Å². The summed E-state index contributed by atoms with van der Waals surface area (Å²) in [6.07, 6.45) is 3.38. The van der Waals surface area contributed by atoms with Gasteiger partial charge in [-0.1, -0.05) is 22.5 Å². The first-order valence-electron chi connectivity index (χ1n) is 10.9. The summed E-state index contributed by atoms with van der Waals surface area (Å²) in [7, 11) is 0. The van der Waals surface area contributed by atoms with Crippen LogP contribution in [0, 0.1) is 5.92 Å². The number of amides is 4. The highest BCUT2D eigenvalue weighted by Gasteiger charge is 2.31. The summed E-state index contributed by atoms with van der Waals surface area (Å²) in [5.41, 5.74) is 1.28. The molecule has 3 heterocycles. The van der Waals surface area contributed by atoms with Crippen LogP contribution in [0.15, 0.2) is 41.5 Å². The fourth-order valence-corrected chi connectivity index (χ4v) is 4.65. The Labute approximate surface area is 199 Å². The van der Waals surface area contributed by atoms with Crippen molar-refractivity contribution in [3.05, 3.63) is 47.1 Å². The normalized spacial score (nSPS) is 16.0. The number of nitrogens with one attached hydrogen (secondary N) is 2. The van der Waals surface area contributed by atoms with Crippen molar-refractivity contribution >= 4 is 50.5 Å². The molecule has 2 aromatic rings. The van der Waals surface area contributed by atoms with E-state index in [1.807, 2.05) is 18.2 Å². The van der Waals surface area contributed by atoms with Crippen molar-refractivity contribution < 1.29 is 19.2 Å². The van der Waals surface area contributed by atoms with Gasteiger partial charge in [0.25, 0.3) is 5.91 Å². The Hall–Kier alpha value is -3.14. The molecule has 33 heavy (non-hydrogen) atoms. The summed E-state index contributed by atoms with van der Waals surface area (Å²) in [5, 5.41) is 6.36. The number of fused-ring (bicyclic) bond motifs is 1. The van der Waals surface area contributed by atoms with Crippen LogP contribution >= 0.6 is 15.9 Å². The van der Waals surface area contributed by atoms with Crippen LogP contribution in [0.2, 0.25) is 0 Å². The van der Waals surface area contributed by atoms with Gasteiger partial charge in [-0.3, -0.25) is 14.4 Å². The summed E-state index contributed by atoms with van der Waals surface area (Å²) in [5.74, 6) is -0.149. The van der Waals surface area contributed by atoms with Gasteiger partial charge in [0, 0.05) is 73.2 Å². The molecule has 0 unspecified atom stereocenters. The molecule has 0 spiro atoms. The van der Waals surface area contributed by atoms with Gasteiger partial charge in [-0.25, -0.2) is 4.79 Å². The van der Waals surface area contributed by atoms with Crippen LogP contribution in [0.3, 0.4) is 0 Å². The molecule has 9 nitrogen and oxygen atoms in total. The molecule has 174 valence electrons. The van der Waals surface area contributed by atoms with Crippen LogP contribution in [0.25, 0.3) is 10.9 Å². The second-order valence-electron chi connectivity index (χ2n) is 8.36. The molecule has 2 fully saturated rings. The fourth-order valence-electron chi connectivity index (χ4n) is 4.29. The molecule has 10 heteroatoms. The Morgan fingerprint density at radius 2 is 2.06 bits per heavy atom. The first kappa shape index (κ1) is 23.0. The third-order valence-corrected chi connectivity index (χ3v) is 6.50. The predicted octanol–water partition coefficient (Wildman–Crippen LogP) is 1.76. The van der Waals surface area contributed by atoms with Crippen molar-refractivity contribution in [2.75, 3.05) is 39.3 Å². The largest absolute Gasteiger partial charge is 0.350 e. The quantitative estimate of drug-likeness (QED) is 0.496. The highest BCUT2D eigenvalue weighted by Crippen LogP contribution is 2.26. The molecule has 1 aromatic carbocycles. The van der Waals surface area contributed by atoms with Crippen LogP contribution in [-0.2, 0) is 16.1 Å². The Bertz CT molecular complexity index is 1120. The molecular weight excluding hydrogens is 490 g/mol. The average molecular weight is 516 g/mol. The number of benzene rings is 1. The van der Waals surface area contributed by atoms with Gasteiger partial charge in [0.2, 0.25) is 5.91 Å². The maximum absolute atomic E-state index is 12.9. The monoisotopic (exact) mass is 515 g/mol. The van der Waals surface area contributed by atoms with Gasteiger partial charge in [0.15, 0.2) is 5.78 Å². The first-order chi connectivity index (χ1) is 15.9. The maximum atomic E-state index is 12.9. The van der Waals surface area contributed by atoms with Crippen molar-refractivity contribution in [3.8, 4) is 0 Å². The lowest BCUT2D eigenvalue weighted by atomic mass is 9.94. The van der Waals surface area contributed by atoms with Crippen molar-refractivity contribution in [2.45, 2.75) is 13.0 Å². The second kappa shape index (κ2) is 9.78. The van der Waals surface area contributed by atoms with E-state index in [9.17, 15) is 19.2 Å². The third-order valence-electron chi connectivity index (χ3n) is 6.01. The van der Waals surface area contributed by atoms with E-state index in [-0.39, 0.29) is 36.1 Å². The van der Waals surface area contributed by atoms with Gasteiger partial charge in [-0.2, -0.15) is 0 Å². The number of hydrogen-bond acceptors (Lipinski definition) is 4. The predicted molar refractivity (Wildman–Crippen MR) is 127 cm³/mol. The molecule has 0 radical (unpaired) electrons. The lowest BCUT2D eigenvalue weighted by Gasteiger charge is -2.38. The van der Waals surface area contributed by atoms with E-state index in [2.05, 4.69) is 33.1 Å². The molecule has 1 aromatic heterocycles. The molecule has 0 atom stereocenters. The third kappa shape index (κ3) is 5.11. The summed E-state index contributed by atoms with van der Waals surface area (Å²) in [6.45, 7) is 6.80.